The Kier molecular flexibility index (Phi) is 6.40. The van der Waals surface area contributed by atoms with Crippen molar-refractivity contribution in [2.24, 2.45) is 0 Å². The standard InChI is InChI=1S/C25H21BrN4O4S/c26-18-7-8-20-19(14-18)23(32)30(25(35)27-20)15-16-3-5-17(6-4-16)22(31)28-9-11-29(12-10-28)24(33)21-2-1-13-34-21/h1-8,13-14H,9-12,15H2,(H,27,35). The predicted molar refractivity (Wildman–Crippen MR) is 137 cm³/mol. The van der Waals surface area contributed by atoms with E-state index >= 15 is 0 Å². The Hall–Kier alpha value is -3.50. The molecule has 0 radical (unpaired) electrons. The van der Waals surface area contributed by atoms with Gasteiger partial charge in [-0.15, -0.1) is 0 Å². The molecule has 0 unspecified atom stereocenters. The number of benzene rings is 2. The first-order valence-corrected chi connectivity index (χ1v) is 12.2. The zero-order chi connectivity index (χ0) is 24.5. The van der Waals surface area contributed by atoms with E-state index in [0.717, 1.165) is 10.0 Å². The third-order valence-corrected chi connectivity index (χ3v) is 6.89. The van der Waals surface area contributed by atoms with Gasteiger partial charge in [0.25, 0.3) is 17.4 Å². The number of carbonyl (C=O) groups is 2. The number of piperazine rings is 1. The van der Waals surface area contributed by atoms with Crippen LogP contribution in [0, 0.1) is 4.77 Å². The second-order valence-corrected chi connectivity index (χ2v) is 9.57. The lowest BCUT2D eigenvalue weighted by atomic mass is 10.1. The highest BCUT2D eigenvalue weighted by Crippen LogP contribution is 2.17. The molecular formula is C25H21BrN4O4S. The molecule has 8 nitrogen and oxygen atoms in total. The summed E-state index contributed by atoms with van der Waals surface area (Å²) in [5.41, 5.74) is 1.92. The van der Waals surface area contributed by atoms with Gasteiger partial charge in [-0.05, 0) is 60.2 Å². The van der Waals surface area contributed by atoms with Gasteiger partial charge in [0.05, 0.1) is 23.7 Å². The topological polar surface area (TPSA) is 91.5 Å². The smallest absolute Gasteiger partial charge is 0.289 e. The molecule has 0 saturated carbocycles. The zero-order valence-corrected chi connectivity index (χ0v) is 21.0. The highest BCUT2D eigenvalue weighted by atomic mass is 79.9. The highest BCUT2D eigenvalue weighted by Gasteiger charge is 2.26. The second-order valence-electron chi connectivity index (χ2n) is 8.27. The fourth-order valence-electron chi connectivity index (χ4n) is 4.15. The number of halogens is 1. The van der Waals surface area contributed by atoms with E-state index < -0.39 is 0 Å². The molecule has 5 rings (SSSR count). The summed E-state index contributed by atoms with van der Waals surface area (Å²) in [6.07, 6.45) is 1.47. The van der Waals surface area contributed by atoms with Gasteiger partial charge in [-0.3, -0.25) is 19.0 Å². The largest absolute Gasteiger partial charge is 0.459 e. The van der Waals surface area contributed by atoms with Gasteiger partial charge in [-0.2, -0.15) is 0 Å². The maximum Gasteiger partial charge on any atom is 0.289 e. The van der Waals surface area contributed by atoms with Crippen LogP contribution in [0.3, 0.4) is 0 Å². The van der Waals surface area contributed by atoms with Gasteiger partial charge in [0.2, 0.25) is 0 Å². The lowest BCUT2D eigenvalue weighted by Crippen LogP contribution is -2.50. The summed E-state index contributed by atoms with van der Waals surface area (Å²) >= 11 is 8.81. The van der Waals surface area contributed by atoms with Crippen molar-refractivity contribution in [1.29, 1.82) is 0 Å². The minimum Gasteiger partial charge on any atom is -0.459 e. The molecule has 0 aliphatic carbocycles. The van der Waals surface area contributed by atoms with Crippen molar-refractivity contribution in [3.05, 3.63) is 97.3 Å². The molecule has 0 spiro atoms. The number of amides is 2. The first-order valence-electron chi connectivity index (χ1n) is 11.0. The van der Waals surface area contributed by atoms with Gasteiger partial charge < -0.3 is 19.2 Å². The Balaban J connectivity index is 1.27. The molecular weight excluding hydrogens is 532 g/mol. The predicted octanol–water partition coefficient (Wildman–Crippen LogP) is 4.06. The van der Waals surface area contributed by atoms with Crippen LogP contribution in [0.25, 0.3) is 10.9 Å². The molecule has 0 bridgehead atoms. The van der Waals surface area contributed by atoms with Gasteiger partial charge in [-0.1, -0.05) is 28.1 Å². The minimum atomic E-state index is -0.174. The molecule has 1 aliphatic rings. The molecule has 1 saturated heterocycles. The van der Waals surface area contributed by atoms with Crippen LogP contribution in [-0.4, -0.2) is 57.3 Å². The summed E-state index contributed by atoms with van der Waals surface area (Å²) < 4.78 is 7.85. The molecule has 10 heteroatoms. The third kappa shape index (κ3) is 4.71. The fraction of sp³-hybridized carbons (Fsp3) is 0.200. The Labute approximate surface area is 213 Å². The Bertz CT molecular complexity index is 1520. The number of hydrogen-bond donors (Lipinski definition) is 1. The molecule has 2 amide bonds. The van der Waals surface area contributed by atoms with Crippen molar-refractivity contribution in [1.82, 2.24) is 19.4 Å². The van der Waals surface area contributed by atoms with E-state index in [1.807, 2.05) is 24.3 Å². The molecule has 1 fully saturated rings. The third-order valence-electron chi connectivity index (χ3n) is 6.07. The zero-order valence-electron chi connectivity index (χ0n) is 18.6. The average molecular weight is 553 g/mol. The minimum absolute atomic E-state index is 0.0911. The van der Waals surface area contributed by atoms with E-state index in [1.54, 1.807) is 40.1 Å². The van der Waals surface area contributed by atoms with Crippen LogP contribution in [0.5, 0.6) is 0 Å². The molecule has 2 aromatic heterocycles. The van der Waals surface area contributed by atoms with E-state index in [-0.39, 0.29) is 17.4 Å². The van der Waals surface area contributed by atoms with Crippen LogP contribution in [0.4, 0.5) is 0 Å². The van der Waals surface area contributed by atoms with Gasteiger partial charge in [0, 0.05) is 36.2 Å². The van der Waals surface area contributed by atoms with Crippen molar-refractivity contribution >= 4 is 50.9 Å². The van der Waals surface area contributed by atoms with Crippen LogP contribution in [0.15, 0.2) is 74.5 Å². The average Bonchev–Trinajstić information content (AvgIpc) is 3.42. The Morgan fingerprint density at radius 3 is 2.31 bits per heavy atom. The number of hydrogen-bond acceptors (Lipinski definition) is 5. The Morgan fingerprint density at radius 2 is 1.66 bits per heavy atom. The van der Waals surface area contributed by atoms with Gasteiger partial charge in [0.15, 0.2) is 10.5 Å². The number of nitrogens with zero attached hydrogens (tertiary/aromatic N) is 3. The van der Waals surface area contributed by atoms with Crippen molar-refractivity contribution in [2.45, 2.75) is 6.54 Å². The number of rotatable bonds is 4. The number of aromatic amines is 1. The van der Waals surface area contributed by atoms with Crippen LogP contribution in [0.2, 0.25) is 0 Å². The summed E-state index contributed by atoms with van der Waals surface area (Å²) in [4.78, 5) is 44.9. The molecule has 3 heterocycles. The van der Waals surface area contributed by atoms with E-state index in [1.165, 1.54) is 10.8 Å². The molecule has 1 N–H and O–H groups in total. The molecule has 178 valence electrons. The molecule has 0 atom stereocenters. The van der Waals surface area contributed by atoms with Gasteiger partial charge in [-0.25, -0.2) is 0 Å². The molecule has 35 heavy (non-hydrogen) atoms. The van der Waals surface area contributed by atoms with Crippen molar-refractivity contribution in [3.63, 3.8) is 0 Å². The highest BCUT2D eigenvalue weighted by molar-refractivity contribution is 9.10. The maximum absolute atomic E-state index is 13.0. The van der Waals surface area contributed by atoms with Crippen molar-refractivity contribution in [3.8, 4) is 0 Å². The van der Waals surface area contributed by atoms with E-state index in [0.29, 0.717) is 59.7 Å². The summed E-state index contributed by atoms with van der Waals surface area (Å²) in [6.45, 7) is 2.08. The maximum atomic E-state index is 13.0. The van der Waals surface area contributed by atoms with E-state index in [4.69, 9.17) is 16.6 Å². The van der Waals surface area contributed by atoms with Crippen molar-refractivity contribution < 1.29 is 14.0 Å². The first-order chi connectivity index (χ1) is 16.9. The molecule has 4 aromatic rings. The van der Waals surface area contributed by atoms with Gasteiger partial charge in [0.1, 0.15) is 0 Å². The van der Waals surface area contributed by atoms with E-state index in [2.05, 4.69) is 20.9 Å². The summed E-state index contributed by atoms with van der Waals surface area (Å²) in [5.74, 6) is 0.0473. The summed E-state index contributed by atoms with van der Waals surface area (Å²) in [7, 11) is 0. The van der Waals surface area contributed by atoms with Crippen LogP contribution in [0.1, 0.15) is 26.5 Å². The number of carbonyl (C=O) groups excluding carboxylic acids is 2. The number of furan rings is 1. The second kappa shape index (κ2) is 9.63. The lowest BCUT2D eigenvalue weighted by molar-refractivity contribution is 0.0518. The number of H-pyrrole nitrogens is 1. The molecule has 2 aromatic carbocycles. The SMILES string of the molecule is O=C(c1ccc(Cn2c(=S)[nH]c3ccc(Br)cc3c2=O)cc1)N1CCN(C(=O)c2ccco2)CC1. The van der Waals surface area contributed by atoms with Gasteiger partial charge >= 0.3 is 0 Å². The monoisotopic (exact) mass is 552 g/mol. The summed E-state index contributed by atoms with van der Waals surface area (Å²) in [5, 5.41) is 0.546. The first kappa shape index (κ1) is 23.3. The number of aromatic nitrogens is 2. The van der Waals surface area contributed by atoms with Crippen LogP contribution >= 0.6 is 28.1 Å². The quantitative estimate of drug-likeness (QED) is 0.385. The van der Waals surface area contributed by atoms with E-state index in [9.17, 15) is 14.4 Å². The normalized spacial score (nSPS) is 13.9. The number of fused-ring (bicyclic) bond motifs is 1. The fourth-order valence-corrected chi connectivity index (χ4v) is 4.77. The molecule has 1 aliphatic heterocycles. The van der Waals surface area contributed by atoms with Crippen LogP contribution in [-0.2, 0) is 6.54 Å². The lowest BCUT2D eigenvalue weighted by Gasteiger charge is -2.34. The number of nitrogens with one attached hydrogen (secondary N) is 1. The van der Waals surface area contributed by atoms with Crippen molar-refractivity contribution in [2.75, 3.05) is 26.2 Å². The van der Waals surface area contributed by atoms with Crippen LogP contribution < -0.4 is 5.56 Å². The Morgan fingerprint density at radius 1 is 0.971 bits per heavy atom. The summed E-state index contributed by atoms with van der Waals surface area (Å²) in [6, 6.07) is 15.9.